The van der Waals surface area contributed by atoms with Gasteiger partial charge < -0.3 is 15.4 Å². The number of piperidine rings is 1. The first kappa shape index (κ1) is 13.3. The molecule has 1 aromatic heterocycles. The van der Waals surface area contributed by atoms with Gasteiger partial charge in [-0.15, -0.1) is 11.3 Å². The van der Waals surface area contributed by atoms with Gasteiger partial charge in [-0.05, 0) is 38.3 Å². The first-order chi connectivity index (χ1) is 8.84. The maximum Gasteiger partial charge on any atom is 0.407 e. The summed E-state index contributed by atoms with van der Waals surface area (Å²) in [7, 11) is 0. The SMILES string of the molecule is O=C(NCCC1CCNCC1)OCc1cncs1. The molecule has 0 aliphatic carbocycles. The molecule has 0 atom stereocenters. The van der Waals surface area contributed by atoms with Crippen molar-refractivity contribution in [1.82, 2.24) is 15.6 Å². The molecule has 0 bridgehead atoms. The molecule has 0 aromatic carbocycles. The Labute approximate surface area is 111 Å². The summed E-state index contributed by atoms with van der Waals surface area (Å²) < 4.78 is 5.08. The highest BCUT2D eigenvalue weighted by atomic mass is 32.1. The molecule has 0 spiro atoms. The van der Waals surface area contributed by atoms with Crippen LogP contribution in [-0.2, 0) is 11.3 Å². The second kappa shape index (κ2) is 7.33. The molecule has 1 aromatic rings. The Bertz CT molecular complexity index is 350. The molecular weight excluding hydrogens is 250 g/mol. The average molecular weight is 269 g/mol. The Morgan fingerprint density at radius 3 is 3.11 bits per heavy atom. The molecule has 2 heterocycles. The Hall–Kier alpha value is -1.14. The van der Waals surface area contributed by atoms with Gasteiger partial charge in [0.15, 0.2) is 0 Å². The van der Waals surface area contributed by atoms with E-state index in [-0.39, 0.29) is 6.09 Å². The molecule has 6 heteroatoms. The van der Waals surface area contributed by atoms with E-state index in [1.54, 1.807) is 11.7 Å². The molecule has 1 saturated heterocycles. The fraction of sp³-hybridized carbons (Fsp3) is 0.667. The van der Waals surface area contributed by atoms with Gasteiger partial charge in [-0.3, -0.25) is 4.98 Å². The number of hydrogen-bond acceptors (Lipinski definition) is 5. The fourth-order valence-corrected chi connectivity index (χ4v) is 2.56. The standard InChI is InChI=1S/C12H19N3O2S/c16-12(17-8-11-7-14-9-18-11)15-6-3-10-1-4-13-5-2-10/h7,9-10,13H,1-6,8H2,(H,15,16). The quantitative estimate of drug-likeness (QED) is 0.855. The predicted molar refractivity (Wildman–Crippen MR) is 70.5 cm³/mol. The number of hydrogen-bond donors (Lipinski definition) is 2. The number of carbonyl (C=O) groups is 1. The number of amides is 1. The van der Waals surface area contributed by atoms with E-state index in [0.717, 1.165) is 30.3 Å². The van der Waals surface area contributed by atoms with E-state index < -0.39 is 0 Å². The van der Waals surface area contributed by atoms with Crippen molar-refractivity contribution in [3.63, 3.8) is 0 Å². The zero-order chi connectivity index (χ0) is 12.6. The summed E-state index contributed by atoms with van der Waals surface area (Å²) in [4.78, 5) is 16.3. The molecule has 1 aliphatic rings. The molecule has 18 heavy (non-hydrogen) atoms. The lowest BCUT2D eigenvalue weighted by Gasteiger charge is -2.22. The van der Waals surface area contributed by atoms with Crippen molar-refractivity contribution < 1.29 is 9.53 Å². The third-order valence-corrected chi connectivity index (χ3v) is 3.86. The number of rotatable bonds is 5. The molecule has 2 rings (SSSR count). The van der Waals surface area contributed by atoms with E-state index in [1.807, 2.05) is 0 Å². The van der Waals surface area contributed by atoms with Crippen LogP contribution in [0.3, 0.4) is 0 Å². The Morgan fingerprint density at radius 1 is 1.56 bits per heavy atom. The van der Waals surface area contributed by atoms with Crippen molar-refractivity contribution in [2.75, 3.05) is 19.6 Å². The maximum atomic E-state index is 11.4. The predicted octanol–water partition coefficient (Wildman–Crippen LogP) is 1.76. The molecule has 2 N–H and O–H groups in total. The van der Waals surface area contributed by atoms with E-state index in [0.29, 0.717) is 13.2 Å². The molecular formula is C12H19N3O2S. The number of alkyl carbamates (subject to hydrolysis) is 1. The van der Waals surface area contributed by atoms with Crippen molar-refractivity contribution >= 4 is 17.4 Å². The summed E-state index contributed by atoms with van der Waals surface area (Å²) in [5.74, 6) is 0.730. The maximum absolute atomic E-state index is 11.4. The zero-order valence-electron chi connectivity index (χ0n) is 10.4. The topological polar surface area (TPSA) is 63.2 Å². The van der Waals surface area contributed by atoms with E-state index in [4.69, 9.17) is 4.74 Å². The second-order valence-electron chi connectivity index (χ2n) is 4.45. The lowest BCUT2D eigenvalue weighted by atomic mass is 9.95. The second-order valence-corrected chi connectivity index (χ2v) is 5.42. The van der Waals surface area contributed by atoms with Crippen molar-refractivity contribution in [2.24, 2.45) is 5.92 Å². The summed E-state index contributed by atoms with van der Waals surface area (Å²) in [5.41, 5.74) is 1.73. The minimum Gasteiger partial charge on any atom is -0.444 e. The molecule has 0 unspecified atom stereocenters. The van der Waals surface area contributed by atoms with Crippen LogP contribution in [0.1, 0.15) is 24.1 Å². The number of nitrogens with zero attached hydrogens (tertiary/aromatic N) is 1. The smallest absolute Gasteiger partial charge is 0.407 e. The van der Waals surface area contributed by atoms with E-state index in [2.05, 4.69) is 15.6 Å². The lowest BCUT2D eigenvalue weighted by molar-refractivity contribution is 0.140. The third kappa shape index (κ3) is 4.62. The van der Waals surface area contributed by atoms with Gasteiger partial charge in [-0.1, -0.05) is 0 Å². The van der Waals surface area contributed by atoms with Crippen molar-refractivity contribution in [2.45, 2.75) is 25.9 Å². The minimum atomic E-state index is -0.336. The number of ether oxygens (including phenoxy) is 1. The lowest BCUT2D eigenvalue weighted by Crippen LogP contribution is -2.31. The largest absolute Gasteiger partial charge is 0.444 e. The normalized spacial score (nSPS) is 16.4. The summed E-state index contributed by atoms with van der Waals surface area (Å²) in [5, 5.41) is 6.13. The fourth-order valence-electron chi connectivity index (χ4n) is 2.05. The van der Waals surface area contributed by atoms with Gasteiger partial charge in [0.1, 0.15) is 6.61 Å². The molecule has 1 amide bonds. The van der Waals surface area contributed by atoms with Crippen molar-refractivity contribution in [3.05, 3.63) is 16.6 Å². The van der Waals surface area contributed by atoms with Crippen LogP contribution in [0.2, 0.25) is 0 Å². The first-order valence-corrected chi connectivity index (χ1v) is 7.21. The van der Waals surface area contributed by atoms with Gasteiger partial charge in [-0.2, -0.15) is 0 Å². The summed E-state index contributed by atoms with van der Waals surface area (Å²) >= 11 is 1.49. The third-order valence-electron chi connectivity index (χ3n) is 3.11. The average Bonchev–Trinajstić information content (AvgIpc) is 2.91. The van der Waals surface area contributed by atoms with Crippen molar-refractivity contribution in [1.29, 1.82) is 0 Å². The molecule has 0 radical (unpaired) electrons. The van der Waals surface area contributed by atoms with Gasteiger partial charge in [0.2, 0.25) is 0 Å². The minimum absolute atomic E-state index is 0.309. The monoisotopic (exact) mass is 269 g/mol. The van der Waals surface area contributed by atoms with Crippen LogP contribution < -0.4 is 10.6 Å². The van der Waals surface area contributed by atoms with E-state index in [1.165, 1.54) is 24.2 Å². The number of thiazole rings is 1. The highest BCUT2D eigenvalue weighted by molar-refractivity contribution is 7.09. The van der Waals surface area contributed by atoms with Gasteiger partial charge in [0, 0.05) is 12.7 Å². The van der Waals surface area contributed by atoms with Crippen LogP contribution in [0.4, 0.5) is 4.79 Å². The zero-order valence-corrected chi connectivity index (χ0v) is 11.2. The molecule has 100 valence electrons. The van der Waals surface area contributed by atoms with Gasteiger partial charge in [0.05, 0.1) is 10.4 Å². The van der Waals surface area contributed by atoms with E-state index >= 15 is 0 Å². The number of nitrogens with one attached hydrogen (secondary N) is 2. The number of carbonyl (C=O) groups excluding carboxylic acids is 1. The van der Waals surface area contributed by atoms with Crippen LogP contribution in [-0.4, -0.2) is 30.7 Å². The summed E-state index contributed by atoms with van der Waals surface area (Å²) in [6, 6.07) is 0. The highest BCUT2D eigenvalue weighted by Gasteiger charge is 2.13. The van der Waals surface area contributed by atoms with Gasteiger partial charge >= 0.3 is 6.09 Å². The molecule has 0 saturated carbocycles. The Morgan fingerprint density at radius 2 is 2.39 bits per heavy atom. The summed E-state index contributed by atoms with van der Waals surface area (Å²) in [6.07, 6.45) is 4.83. The van der Waals surface area contributed by atoms with Crippen LogP contribution in [0, 0.1) is 5.92 Å². The van der Waals surface area contributed by atoms with Crippen LogP contribution >= 0.6 is 11.3 Å². The highest BCUT2D eigenvalue weighted by Crippen LogP contribution is 2.14. The Balaban J connectivity index is 1.54. The van der Waals surface area contributed by atoms with Crippen molar-refractivity contribution in [3.8, 4) is 0 Å². The number of aromatic nitrogens is 1. The molecule has 1 fully saturated rings. The molecule has 1 aliphatic heterocycles. The molecule has 5 nitrogen and oxygen atoms in total. The van der Waals surface area contributed by atoms with Gasteiger partial charge in [0.25, 0.3) is 0 Å². The first-order valence-electron chi connectivity index (χ1n) is 6.33. The van der Waals surface area contributed by atoms with Crippen LogP contribution in [0.25, 0.3) is 0 Å². The Kier molecular flexibility index (Phi) is 5.41. The van der Waals surface area contributed by atoms with E-state index in [9.17, 15) is 4.79 Å². The summed E-state index contributed by atoms with van der Waals surface area (Å²) in [6.45, 7) is 3.21. The van der Waals surface area contributed by atoms with Crippen LogP contribution in [0.5, 0.6) is 0 Å². The van der Waals surface area contributed by atoms with Gasteiger partial charge in [-0.25, -0.2) is 4.79 Å². The van der Waals surface area contributed by atoms with Crippen LogP contribution in [0.15, 0.2) is 11.7 Å².